The molecule has 2 aromatic heterocycles. The van der Waals surface area contributed by atoms with E-state index in [2.05, 4.69) is 20.9 Å². The molecule has 0 aliphatic carbocycles. The van der Waals surface area contributed by atoms with Crippen molar-refractivity contribution >= 4 is 23.0 Å². The van der Waals surface area contributed by atoms with Crippen LogP contribution >= 0.6 is 0 Å². The van der Waals surface area contributed by atoms with Gasteiger partial charge in [0.15, 0.2) is 22.6 Å². The number of nitrogens with zero attached hydrogens (tertiary/aromatic N) is 4. The van der Waals surface area contributed by atoms with Crippen LogP contribution in [0, 0.1) is 18.4 Å². The molecule has 1 fully saturated rings. The average Bonchev–Trinajstić information content (AvgIpc) is 3.28. The monoisotopic (exact) mass is 397 g/mol. The molecule has 29 heavy (non-hydrogen) atoms. The number of ether oxygens (including phenoxy) is 2. The summed E-state index contributed by atoms with van der Waals surface area (Å²) in [7, 11) is 1.24. The van der Waals surface area contributed by atoms with Gasteiger partial charge < -0.3 is 20.3 Å². The number of halogens is 1. The number of nitrogen functional groups attached to an aromatic ring is 1. The third-order valence-corrected chi connectivity index (χ3v) is 4.89. The third-order valence-electron chi connectivity index (χ3n) is 4.89. The topological polar surface area (TPSA) is 125 Å². The molecule has 0 bridgehead atoms. The van der Waals surface area contributed by atoms with Gasteiger partial charge in [-0.1, -0.05) is 24.1 Å². The second-order valence-electron chi connectivity index (χ2n) is 6.44. The normalized spacial score (nSPS) is 23.8. The van der Waals surface area contributed by atoms with Crippen LogP contribution in [0.25, 0.3) is 11.2 Å². The number of carbonyl (C=O) groups is 1. The van der Waals surface area contributed by atoms with Crippen LogP contribution in [0.5, 0.6) is 0 Å². The van der Waals surface area contributed by atoms with Gasteiger partial charge in [-0.3, -0.25) is 4.57 Å². The molecule has 1 saturated heterocycles. The van der Waals surface area contributed by atoms with Crippen molar-refractivity contribution in [1.82, 2.24) is 19.5 Å². The Hall–Kier alpha value is -3.55. The highest BCUT2D eigenvalue weighted by Crippen LogP contribution is 2.45. The lowest BCUT2D eigenvalue weighted by Crippen LogP contribution is -2.36. The molecule has 4 rings (SSSR count). The number of carbonyl (C=O) groups excluding carboxylic acids is 1. The maximum Gasteiger partial charge on any atom is 0.338 e. The molecule has 148 valence electrons. The maximum atomic E-state index is 13.7. The van der Waals surface area contributed by atoms with Gasteiger partial charge in [0, 0.05) is 12.0 Å². The number of nitrogens with two attached hydrogens (primary N) is 1. The van der Waals surface area contributed by atoms with Crippen LogP contribution in [-0.2, 0) is 15.1 Å². The Kier molecular flexibility index (Phi) is 4.41. The largest absolute Gasteiger partial charge is 0.465 e. The number of aliphatic hydroxyl groups excluding tert-OH is 1. The lowest BCUT2D eigenvalue weighted by Gasteiger charge is -2.28. The minimum atomic E-state index is -1.64. The molecule has 9 nitrogen and oxygen atoms in total. The second kappa shape index (κ2) is 6.80. The second-order valence-corrected chi connectivity index (χ2v) is 6.44. The fraction of sp³-hybridized carbons (Fsp3) is 0.263. The number of terminal acetylenes is 1. The first kappa shape index (κ1) is 18.8. The first-order chi connectivity index (χ1) is 13.9. The van der Waals surface area contributed by atoms with E-state index in [1.54, 1.807) is 18.2 Å². The van der Waals surface area contributed by atoms with Crippen molar-refractivity contribution in [2.45, 2.75) is 24.4 Å². The summed E-state index contributed by atoms with van der Waals surface area (Å²) in [4.78, 5) is 23.5. The summed E-state index contributed by atoms with van der Waals surface area (Å²) in [6, 6.07) is 6.42. The number of hydrogen-bond donors (Lipinski definition) is 2. The fourth-order valence-corrected chi connectivity index (χ4v) is 3.54. The lowest BCUT2D eigenvalue weighted by molar-refractivity contribution is -0.0679. The van der Waals surface area contributed by atoms with E-state index in [1.807, 2.05) is 0 Å². The van der Waals surface area contributed by atoms with E-state index in [1.165, 1.54) is 24.1 Å². The maximum absolute atomic E-state index is 13.7. The van der Waals surface area contributed by atoms with Gasteiger partial charge in [-0.2, -0.15) is 14.4 Å². The van der Waals surface area contributed by atoms with Crippen LogP contribution in [0.1, 0.15) is 28.6 Å². The molecule has 1 aromatic carbocycles. The van der Waals surface area contributed by atoms with Gasteiger partial charge in [0.2, 0.25) is 0 Å². The molecule has 1 aliphatic rings. The molecule has 0 amide bonds. The van der Waals surface area contributed by atoms with Crippen LogP contribution in [0.2, 0.25) is 0 Å². The molecule has 3 heterocycles. The van der Waals surface area contributed by atoms with Crippen molar-refractivity contribution in [3.8, 4) is 12.3 Å². The molecule has 3 aromatic rings. The van der Waals surface area contributed by atoms with Crippen LogP contribution in [-0.4, -0.2) is 43.8 Å². The number of rotatable bonds is 3. The molecule has 0 unspecified atom stereocenters. The summed E-state index contributed by atoms with van der Waals surface area (Å²) >= 11 is 0. The minimum absolute atomic E-state index is 0.0384. The van der Waals surface area contributed by atoms with E-state index in [4.69, 9.17) is 21.6 Å². The van der Waals surface area contributed by atoms with E-state index in [0.29, 0.717) is 0 Å². The van der Waals surface area contributed by atoms with Crippen molar-refractivity contribution in [3.63, 3.8) is 0 Å². The summed E-state index contributed by atoms with van der Waals surface area (Å²) in [5.74, 6) is 1.74. The van der Waals surface area contributed by atoms with Crippen molar-refractivity contribution in [2.24, 2.45) is 0 Å². The zero-order valence-electron chi connectivity index (χ0n) is 15.2. The van der Waals surface area contributed by atoms with E-state index in [0.717, 1.165) is 0 Å². The fourth-order valence-electron chi connectivity index (χ4n) is 3.54. The summed E-state index contributed by atoms with van der Waals surface area (Å²) < 4.78 is 26.0. The number of hydrogen-bond acceptors (Lipinski definition) is 8. The van der Waals surface area contributed by atoms with Gasteiger partial charge in [-0.15, -0.1) is 6.42 Å². The highest BCUT2D eigenvalue weighted by atomic mass is 19.1. The van der Waals surface area contributed by atoms with E-state index < -0.39 is 30.0 Å². The number of aromatic nitrogens is 4. The Labute approximate surface area is 164 Å². The van der Waals surface area contributed by atoms with Crippen molar-refractivity contribution in [3.05, 3.63) is 47.8 Å². The summed E-state index contributed by atoms with van der Waals surface area (Å²) in [6.07, 6.45) is 4.11. The first-order valence-electron chi connectivity index (χ1n) is 8.58. The summed E-state index contributed by atoms with van der Waals surface area (Å²) in [6.45, 7) is 0. The molecule has 1 aliphatic heterocycles. The Morgan fingerprint density at radius 3 is 2.97 bits per heavy atom. The predicted octanol–water partition coefficient (Wildman–Crippen LogP) is 1.14. The Morgan fingerprint density at radius 2 is 2.24 bits per heavy atom. The van der Waals surface area contributed by atoms with Gasteiger partial charge in [0.25, 0.3) is 0 Å². The van der Waals surface area contributed by atoms with Gasteiger partial charge in [-0.05, 0) is 6.07 Å². The van der Waals surface area contributed by atoms with Crippen molar-refractivity contribution in [2.75, 3.05) is 12.8 Å². The van der Waals surface area contributed by atoms with Crippen LogP contribution in [0.4, 0.5) is 10.2 Å². The third kappa shape index (κ3) is 2.79. The number of aliphatic hydroxyl groups is 1. The number of fused-ring (bicyclic) bond motifs is 1. The average molecular weight is 397 g/mol. The highest BCUT2D eigenvalue weighted by molar-refractivity contribution is 5.91. The highest BCUT2D eigenvalue weighted by Gasteiger charge is 2.51. The van der Waals surface area contributed by atoms with Gasteiger partial charge >= 0.3 is 12.0 Å². The molecule has 3 N–H and O–H groups in total. The molecule has 0 spiro atoms. The summed E-state index contributed by atoms with van der Waals surface area (Å²) in [5.41, 5.74) is 4.80. The first-order valence-corrected chi connectivity index (χ1v) is 8.58. The van der Waals surface area contributed by atoms with Gasteiger partial charge in [-0.25, -0.2) is 9.78 Å². The van der Waals surface area contributed by atoms with Crippen LogP contribution < -0.4 is 5.73 Å². The quantitative estimate of drug-likeness (QED) is 0.383. The van der Waals surface area contributed by atoms with E-state index in [9.17, 15) is 14.3 Å². The predicted molar refractivity (Wildman–Crippen MR) is 98.7 cm³/mol. The van der Waals surface area contributed by atoms with Gasteiger partial charge in [0.05, 0.1) is 19.0 Å². The number of anilines is 1. The molecule has 3 atom stereocenters. The smallest absolute Gasteiger partial charge is 0.338 e. The molecule has 10 heteroatoms. The van der Waals surface area contributed by atoms with Gasteiger partial charge in [0.1, 0.15) is 12.3 Å². The molecule has 0 radical (unpaired) electrons. The Bertz CT molecular complexity index is 1160. The number of esters is 1. The number of methoxy groups -OCH3 is 1. The van der Waals surface area contributed by atoms with Crippen LogP contribution in [0.15, 0.2) is 30.6 Å². The zero-order valence-corrected chi connectivity index (χ0v) is 15.2. The Balaban J connectivity index is 1.81. The van der Waals surface area contributed by atoms with Crippen molar-refractivity contribution < 1.29 is 23.8 Å². The zero-order chi connectivity index (χ0) is 20.8. The standard InChI is InChI=1S/C19H16FN5O4/c1-3-19(11-7-5-4-6-10(11)17(27)28-2)12(26)8-13(29-19)25-9-22-14-15(21)23-18(20)24-16(14)25/h1,4-7,9,12-13,26H,8H2,2H3,(H2,21,23,24)/t12-,13+,19+/m0/s1. The number of imidazole rings is 1. The minimum Gasteiger partial charge on any atom is -0.465 e. The van der Waals surface area contributed by atoms with E-state index in [-0.39, 0.29) is 34.5 Å². The Morgan fingerprint density at radius 1 is 1.48 bits per heavy atom. The summed E-state index contributed by atoms with van der Waals surface area (Å²) in [5, 5.41) is 10.8. The van der Waals surface area contributed by atoms with E-state index >= 15 is 0 Å². The molecular formula is C19H16FN5O4. The SMILES string of the molecule is C#C[C@]1(c2ccccc2C(=O)OC)O[C@@H](n2cnc3c(N)nc(F)nc32)C[C@@H]1O. The lowest BCUT2D eigenvalue weighted by atomic mass is 9.86. The number of benzene rings is 1. The molecule has 0 saturated carbocycles. The molecular weight excluding hydrogens is 381 g/mol. The van der Waals surface area contributed by atoms with Crippen molar-refractivity contribution in [1.29, 1.82) is 0 Å². The van der Waals surface area contributed by atoms with Crippen LogP contribution in [0.3, 0.4) is 0 Å².